The summed E-state index contributed by atoms with van der Waals surface area (Å²) in [5.74, 6) is -1.66. The summed E-state index contributed by atoms with van der Waals surface area (Å²) in [6, 6.07) is 18.4. The van der Waals surface area contributed by atoms with E-state index in [-0.39, 0.29) is 18.1 Å². The number of fused-ring (bicyclic) bond motifs is 3. The normalized spacial score (nSPS) is 12.9. The molecule has 0 aliphatic heterocycles. The van der Waals surface area contributed by atoms with E-state index < -0.39 is 24.0 Å². The number of carbonyl (C=O) groups excluding carboxylic acids is 2. The number of nitrogens with zero attached hydrogens (tertiary/aromatic N) is 1. The average molecular weight is 537 g/mol. The first kappa shape index (κ1) is 24.5. The van der Waals surface area contributed by atoms with Crippen molar-refractivity contribution in [3.63, 3.8) is 0 Å². The van der Waals surface area contributed by atoms with Crippen LogP contribution in [0.15, 0.2) is 65.1 Å². The molecular formula is C27H25BrN2O5. The van der Waals surface area contributed by atoms with Crippen molar-refractivity contribution in [3.8, 4) is 11.1 Å². The van der Waals surface area contributed by atoms with Gasteiger partial charge in [0.15, 0.2) is 0 Å². The summed E-state index contributed by atoms with van der Waals surface area (Å²) < 4.78 is 6.11. The van der Waals surface area contributed by atoms with E-state index in [9.17, 15) is 19.5 Å². The van der Waals surface area contributed by atoms with E-state index in [4.69, 9.17) is 4.74 Å². The molecule has 3 aromatic carbocycles. The first-order valence-corrected chi connectivity index (χ1v) is 11.9. The zero-order chi connectivity index (χ0) is 25.3. The van der Waals surface area contributed by atoms with Gasteiger partial charge in [0, 0.05) is 23.1 Å². The number of amides is 2. The average Bonchev–Trinajstić information content (AvgIpc) is 3.16. The van der Waals surface area contributed by atoms with Crippen molar-refractivity contribution in [1.29, 1.82) is 0 Å². The monoisotopic (exact) mass is 536 g/mol. The van der Waals surface area contributed by atoms with Crippen LogP contribution < -0.4 is 5.32 Å². The van der Waals surface area contributed by atoms with Crippen LogP contribution in [0.5, 0.6) is 0 Å². The second-order valence-electron chi connectivity index (χ2n) is 8.53. The summed E-state index contributed by atoms with van der Waals surface area (Å²) in [4.78, 5) is 38.0. The lowest BCUT2D eigenvalue weighted by Gasteiger charge is -2.23. The van der Waals surface area contributed by atoms with Crippen molar-refractivity contribution < 1.29 is 24.2 Å². The molecule has 1 aliphatic carbocycles. The van der Waals surface area contributed by atoms with Crippen LogP contribution in [0.25, 0.3) is 11.1 Å². The van der Waals surface area contributed by atoms with E-state index in [1.54, 1.807) is 13.0 Å². The molecule has 4 rings (SSSR count). The molecule has 0 spiro atoms. The van der Waals surface area contributed by atoms with Crippen LogP contribution >= 0.6 is 15.9 Å². The summed E-state index contributed by atoms with van der Waals surface area (Å²) in [6.45, 7) is 3.39. The van der Waals surface area contributed by atoms with Gasteiger partial charge in [-0.2, -0.15) is 0 Å². The zero-order valence-electron chi connectivity index (χ0n) is 19.5. The lowest BCUT2D eigenvalue weighted by molar-refractivity contribution is -0.141. The number of carboxylic acid groups (broad SMARTS) is 1. The molecule has 1 aliphatic rings. The van der Waals surface area contributed by atoms with E-state index in [1.807, 2.05) is 36.4 Å². The van der Waals surface area contributed by atoms with Crippen molar-refractivity contribution in [2.75, 3.05) is 19.0 Å². The van der Waals surface area contributed by atoms with Gasteiger partial charge in [0.1, 0.15) is 12.6 Å². The highest BCUT2D eigenvalue weighted by Gasteiger charge is 2.29. The second kappa shape index (κ2) is 9.92. The highest BCUT2D eigenvalue weighted by molar-refractivity contribution is 9.10. The molecule has 0 heterocycles. The molecule has 0 saturated carbocycles. The highest BCUT2D eigenvalue weighted by Crippen LogP contribution is 2.44. The number of hydrogen-bond acceptors (Lipinski definition) is 4. The lowest BCUT2D eigenvalue weighted by atomic mass is 9.98. The number of likely N-dealkylation sites (N-methyl/N-ethyl adjacent to an activating group) is 1. The van der Waals surface area contributed by atoms with Crippen LogP contribution in [-0.2, 0) is 9.53 Å². The van der Waals surface area contributed by atoms with Gasteiger partial charge in [-0.05, 0) is 69.7 Å². The van der Waals surface area contributed by atoms with Crippen molar-refractivity contribution >= 4 is 39.6 Å². The van der Waals surface area contributed by atoms with E-state index in [0.29, 0.717) is 10.2 Å². The molecule has 0 aromatic heterocycles. The molecule has 180 valence electrons. The number of rotatable bonds is 6. The van der Waals surface area contributed by atoms with Gasteiger partial charge in [0.2, 0.25) is 0 Å². The third-order valence-electron chi connectivity index (χ3n) is 6.38. The number of carbonyl (C=O) groups is 3. The molecule has 7 nitrogen and oxygen atoms in total. The van der Waals surface area contributed by atoms with Crippen LogP contribution in [0.3, 0.4) is 0 Å². The summed E-state index contributed by atoms with van der Waals surface area (Å²) in [7, 11) is 1.42. The Kier molecular flexibility index (Phi) is 6.93. The largest absolute Gasteiger partial charge is 0.480 e. The van der Waals surface area contributed by atoms with Crippen LogP contribution in [0.4, 0.5) is 10.5 Å². The Hall–Kier alpha value is -3.65. The van der Waals surface area contributed by atoms with Crippen LogP contribution in [-0.4, -0.2) is 47.7 Å². The first-order chi connectivity index (χ1) is 16.7. The van der Waals surface area contributed by atoms with E-state index in [1.165, 1.54) is 20.0 Å². The van der Waals surface area contributed by atoms with Gasteiger partial charge in [0.05, 0.1) is 5.56 Å². The van der Waals surface area contributed by atoms with Crippen LogP contribution in [0.1, 0.15) is 39.9 Å². The third-order valence-corrected chi connectivity index (χ3v) is 7.04. The van der Waals surface area contributed by atoms with Gasteiger partial charge in [0.25, 0.3) is 5.91 Å². The van der Waals surface area contributed by atoms with Gasteiger partial charge < -0.3 is 14.7 Å². The van der Waals surface area contributed by atoms with Crippen molar-refractivity contribution in [1.82, 2.24) is 4.90 Å². The second-order valence-corrected chi connectivity index (χ2v) is 9.38. The number of nitrogens with one attached hydrogen (secondary N) is 1. The van der Waals surface area contributed by atoms with Gasteiger partial charge in [-0.25, -0.2) is 9.59 Å². The maximum absolute atomic E-state index is 12.9. The lowest BCUT2D eigenvalue weighted by Crippen LogP contribution is -2.40. The van der Waals surface area contributed by atoms with E-state index >= 15 is 0 Å². The third kappa shape index (κ3) is 4.79. The Morgan fingerprint density at radius 1 is 1.06 bits per heavy atom. The molecule has 2 N–H and O–H groups in total. The predicted molar refractivity (Wildman–Crippen MR) is 137 cm³/mol. The quantitative estimate of drug-likeness (QED) is 0.423. The maximum Gasteiger partial charge on any atom is 0.411 e. The first-order valence-electron chi connectivity index (χ1n) is 11.1. The molecule has 0 unspecified atom stereocenters. The van der Waals surface area contributed by atoms with Crippen LogP contribution in [0, 0.1) is 6.92 Å². The Bertz CT molecular complexity index is 1280. The topological polar surface area (TPSA) is 95.9 Å². The van der Waals surface area contributed by atoms with Gasteiger partial charge in [-0.3, -0.25) is 10.1 Å². The Balaban J connectivity index is 1.50. The molecular weight excluding hydrogens is 512 g/mol. The molecule has 1 atom stereocenters. The summed E-state index contributed by atoms with van der Waals surface area (Å²) >= 11 is 3.37. The van der Waals surface area contributed by atoms with Crippen molar-refractivity contribution in [3.05, 3.63) is 87.4 Å². The summed E-state index contributed by atoms with van der Waals surface area (Å²) in [6.07, 6.45) is -0.636. The molecule has 8 heteroatoms. The zero-order valence-corrected chi connectivity index (χ0v) is 21.1. The number of anilines is 1. The summed E-state index contributed by atoms with van der Waals surface area (Å²) in [5.41, 5.74) is 5.88. The highest BCUT2D eigenvalue weighted by atomic mass is 79.9. The fourth-order valence-corrected chi connectivity index (χ4v) is 4.87. The standard InChI is InChI=1S/C27H25BrN2O5/c1-15-12-23(28)21(25(31)30(3)16(2)26(32)33)13-24(15)29-27(34)35-14-22-19-10-6-4-8-17(19)18-9-5-7-11-20(18)22/h4-13,16,22H,14H2,1-3H3,(H,29,34)(H,32,33)/t16-/m0/s1. The van der Waals surface area contributed by atoms with Gasteiger partial charge in [-0.15, -0.1) is 0 Å². The van der Waals surface area contributed by atoms with E-state index in [2.05, 4.69) is 33.4 Å². The van der Waals surface area contributed by atoms with Crippen molar-refractivity contribution in [2.45, 2.75) is 25.8 Å². The predicted octanol–water partition coefficient (Wildman–Crippen LogP) is 5.66. The Morgan fingerprint density at radius 3 is 2.20 bits per heavy atom. The van der Waals surface area contributed by atoms with Crippen LogP contribution in [0.2, 0.25) is 0 Å². The minimum Gasteiger partial charge on any atom is -0.480 e. The number of aryl methyl sites for hydroxylation is 1. The van der Waals surface area contributed by atoms with Gasteiger partial charge in [-0.1, -0.05) is 48.5 Å². The maximum atomic E-state index is 12.9. The molecule has 0 saturated heterocycles. The minimum absolute atomic E-state index is 0.0672. The number of carboxylic acids is 1. The number of ether oxygens (including phenoxy) is 1. The SMILES string of the molecule is Cc1cc(Br)c(C(=O)N(C)[C@@H](C)C(=O)O)cc1NC(=O)OCC1c2ccccc2-c2ccccc21. The fourth-order valence-electron chi connectivity index (χ4n) is 4.25. The molecule has 0 bridgehead atoms. The van der Waals surface area contributed by atoms with E-state index in [0.717, 1.165) is 32.7 Å². The number of halogens is 1. The molecule has 35 heavy (non-hydrogen) atoms. The molecule has 3 aromatic rings. The molecule has 0 radical (unpaired) electrons. The summed E-state index contributed by atoms with van der Waals surface area (Å²) in [5, 5.41) is 12.0. The number of benzene rings is 3. The number of hydrogen-bond donors (Lipinski definition) is 2. The molecule has 2 amide bonds. The minimum atomic E-state index is -1.11. The Morgan fingerprint density at radius 2 is 1.63 bits per heavy atom. The smallest absolute Gasteiger partial charge is 0.411 e. The van der Waals surface area contributed by atoms with Gasteiger partial charge >= 0.3 is 12.1 Å². The number of aliphatic carboxylic acids is 1. The molecule has 0 fully saturated rings. The Labute approximate surface area is 211 Å². The van der Waals surface area contributed by atoms with Crippen molar-refractivity contribution in [2.24, 2.45) is 0 Å². The fraction of sp³-hybridized carbons (Fsp3) is 0.222.